The second kappa shape index (κ2) is 11.1. The van der Waals surface area contributed by atoms with Gasteiger partial charge in [0, 0.05) is 17.3 Å². The van der Waals surface area contributed by atoms with Crippen LogP contribution >= 0.6 is 23.4 Å². The van der Waals surface area contributed by atoms with Crippen LogP contribution in [0, 0.1) is 0 Å². The first-order valence-electron chi connectivity index (χ1n) is 8.48. The van der Waals surface area contributed by atoms with E-state index in [4.69, 9.17) is 16.3 Å². The highest BCUT2D eigenvalue weighted by Gasteiger charge is 2.02. The minimum atomic E-state index is 0.0821. The molecule has 0 unspecified atom stereocenters. The highest BCUT2D eigenvalue weighted by atomic mass is 35.5. The van der Waals surface area contributed by atoms with Crippen LogP contribution in [0.3, 0.4) is 0 Å². The summed E-state index contributed by atoms with van der Waals surface area (Å²) in [6, 6.07) is 15.9. The van der Waals surface area contributed by atoms with E-state index < -0.39 is 0 Å². The summed E-state index contributed by atoms with van der Waals surface area (Å²) in [7, 11) is 0. The quantitative estimate of drug-likeness (QED) is 0.609. The molecule has 0 spiro atoms. The van der Waals surface area contributed by atoms with Gasteiger partial charge in [-0.1, -0.05) is 35.9 Å². The van der Waals surface area contributed by atoms with E-state index in [1.807, 2.05) is 43.3 Å². The molecule has 0 heterocycles. The smallest absolute Gasteiger partial charge is 0.230 e. The molecule has 0 aliphatic rings. The maximum absolute atomic E-state index is 11.9. The van der Waals surface area contributed by atoms with Crippen molar-refractivity contribution in [2.75, 3.05) is 18.9 Å². The number of rotatable bonds is 10. The number of benzene rings is 2. The van der Waals surface area contributed by atoms with Crippen LogP contribution in [0.4, 0.5) is 0 Å². The second-order valence-corrected chi connectivity index (χ2v) is 7.08. The van der Waals surface area contributed by atoms with E-state index in [2.05, 4.69) is 17.4 Å². The van der Waals surface area contributed by atoms with Crippen LogP contribution < -0.4 is 10.1 Å². The zero-order valence-electron chi connectivity index (χ0n) is 14.5. The lowest BCUT2D eigenvalue weighted by molar-refractivity contribution is -0.118. The molecule has 2 rings (SSSR count). The van der Waals surface area contributed by atoms with Gasteiger partial charge in [0.2, 0.25) is 5.91 Å². The van der Waals surface area contributed by atoms with E-state index in [0.717, 1.165) is 34.9 Å². The van der Waals surface area contributed by atoms with Crippen LogP contribution in [-0.4, -0.2) is 24.8 Å². The molecule has 0 saturated carbocycles. The van der Waals surface area contributed by atoms with Crippen LogP contribution in [0.5, 0.6) is 5.75 Å². The Bertz CT molecular complexity index is 661. The fourth-order valence-corrected chi connectivity index (χ4v) is 3.40. The Labute approximate surface area is 159 Å². The van der Waals surface area contributed by atoms with Crippen LogP contribution in [-0.2, 0) is 17.0 Å². The lowest BCUT2D eigenvalue weighted by Crippen LogP contribution is -2.26. The lowest BCUT2D eigenvalue weighted by atomic mass is 10.1. The van der Waals surface area contributed by atoms with Crippen molar-refractivity contribution in [1.82, 2.24) is 5.32 Å². The predicted octanol–water partition coefficient (Wildman–Crippen LogP) is 4.72. The van der Waals surface area contributed by atoms with Gasteiger partial charge in [-0.2, -0.15) is 0 Å². The van der Waals surface area contributed by atoms with E-state index >= 15 is 0 Å². The minimum absolute atomic E-state index is 0.0821. The number of nitrogens with one attached hydrogen (secondary N) is 1. The van der Waals surface area contributed by atoms with Crippen molar-refractivity contribution in [3.8, 4) is 5.75 Å². The SMILES string of the molecule is CCOc1ccc(CCCNC(=O)CSCc2cccc(Cl)c2)cc1. The molecule has 0 aliphatic carbocycles. The number of aryl methyl sites for hydroxylation is 1. The van der Waals surface area contributed by atoms with Gasteiger partial charge in [-0.25, -0.2) is 0 Å². The zero-order valence-corrected chi connectivity index (χ0v) is 16.0. The summed E-state index contributed by atoms with van der Waals surface area (Å²) >= 11 is 7.55. The summed E-state index contributed by atoms with van der Waals surface area (Å²) in [5.41, 5.74) is 2.40. The van der Waals surface area contributed by atoms with E-state index in [9.17, 15) is 4.79 Å². The molecule has 2 aromatic rings. The fraction of sp³-hybridized carbons (Fsp3) is 0.350. The minimum Gasteiger partial charge on any atom is -0.494 e. The van der Waals surface area contributed by atoms with Gasteiger partial charge in [-0.05, 0) is 55.2 Å². The number of thioether (sulfide) groups is 1. The first-order valence-corrected chi connectivity index (χ1v) is 10.0. The molecule has 0 atom stereocenters. The molecule has 3 nitrogen and oxygen atoms in total. The number of amides is 1. The van der Waals surface area contributed by atoms with Gasteiger partial charge in [0.1, 0.15) is 5.75 Å². The summed E-state index contributed by atoms with van der Waals surface area (Å²) in [5.74, 6) is 2.24. The molecule has 2 aromatic carbocycles. The molecule has 1 amide bonds. The number of hydrogen-bond donors (Lipinski definition) is 1. The number of hydrogen-bond acceptors (Lipinski definition) is 3. The molecule has 134 valence electrons. The largest absolute Gasteiger partial charge is 0.494 e. The van der Waals surface area contributed by atoms with Crippen LogP contribution in [0.25, 0.3) is 0 Å². The summed E-state index contributed by atoms with van der Waals surface area (Å²) in [6.45, 7) is 3.36. The van der Waals surface area contributed by atoms with Crippen molar-refractivity contribution >= 4 is 29.3 Å². The van der Waals surface area contributed by atoms with E-state index in [1.165, 1.54) is 5.56 Å². The Hall–Kier alpha value is -1.65. The molecule has 0 saturated heterocycles. The monoisotopic (exact) mass is 377 g/mol. The third-order valence-corrected chi connectivity index (χ3v) is 4.83. The molecule has 0 bridgehead atoms. The Kier molecular flexibility index (Phi) is 8.70. The fourth-order valence-electron chi connectivity index (χ4n) is 2.38. The standard InChI is InChI=1S/C20H24ClNO2S/c1-2-24-19-10-8-16(9-11-19)6-4-12-22-20(23)15-25-14-17-5-3-7-18(21)13-17/h3,5,7-11,13H,2,4,6,12,14-15H2,1H3,(H,22,23). The van der Waals surface area contributed by atoms with Crippen molar-refractivity contribution < 1.29 is 9.53 Å². The second-order valence-electron chi connectivity index (χ2n) is 5.65. The summed E-state index contributed by atoms with van der Waals surface area (Å²) in [4.78, 5) is 11.9. The number of ether oxygens (including phenoxy) is 1. The zero-order chi connectivity index (χ0) is 17.9. The lowest BCUT2D eigenvalue weighted by Gasteiger charge is -2.07. The Morgan fingerprint density at radius 3 is 2.68 bits per heavy atom. The molecule has 0 radical (unpaired) electrons. The molecule has 0 aliphatic heterocycles. The summed E-state index contributed by atoms with van der Waals surface area (Å²) in [5, 5.41) is 3.70. The van der Waals surface area contributed by atoms with Crippen molar-refractivity contribution in [3.63, 3.8) is 0 Å². The molecule has 25 heavy (non-hydrogen) atoms. The topological polar surface area (TPSA) is 38.3 Å². The van der Waals surface area contributed by atoms with Gasteiger partial charge in [0.05, 0.1) is 12.4 Å². The first-order chi connectivity index (χ1) is 12.2. The Balaban J connectivity index is 1.57. The molecule has 5 heteroatoms. The molecular formula is C20H24ClNO2S. The van der Waals surface area contributed by atoms with Gasteiger partial charge in [0.25, 0.3) is 0 Å². The molecule has 1 N–H and O–H groups in total. The first kappa shape index (κ1) is 19.7. The summed E-state index contributed by atoms with van der Waals surface area (Å²) < 4.78 is 5.43. The van der Waals surface area contributed by atoms with Gasteiger partial charge in [-0.15, -0.1) is 11.8 Å². The van der Waals surface area contributed by atoms with E-state index in [1.54, 1.807) is 11.8 Å². The Morgan fingerprint density at radius 2 is 1.96 bits per heavy atom. The highest BCUT2D eigenvalue weighted by Crippen LogP contribution is 2.16. The van der Waals surface area contributed by atoms with Gasteiger partial charge < -0.3 is 10.1 Å². The maximum Gasteiger partial charge on any atom is 0.230 e. The third-order valence-electron chi connectivity index (χ3n) is 3.59. The normalized spacial score (nSPS) is 10.5. The number of carbonyl (C=O) groups excluding carboxylic acids is 1. The maximum atomic E-state index is 11.9. The van der Waals surface area contributed by atoms with Crippen LogP contribution in [0.1, 0.15) is 24.5 Å². The number of halogens is 1. The van der Waals surface area contributed by atoms with E-state index in [-0.39, 0.29) is 5.91 Å². The van der Waals surface area contributed by atoms with Crippen molar-refractivity contribution in [2.24, 2.45) is 0 Å². The van der Waals surface area contributed by atoms with Gasteiger partial charge >= 0.3 is 0 Å². The van der Waals surface area contributed by atoms with Crippen LogP contribution in [0.2, 0.25) is 5.02 Å². The third kappa shape index (κ3) is 7.84. The molecule has 0 aromatic heterocycles. The van der Waals surface area contributed by atoms with Crippen LogP contribution in [0.15, 0.2) is 48.5 Å². The Morgan fingerprint density at radius 1 is 1.16 bits per heavy atom. The van der Waals surface area contributed by atoms with Crippen molar-refractivity contribution in [3.05, 3.63) is 64.7 Å². The summed E-state index contributed by atoms with van der Waals surface area (Å²) in [6.07, 6.45) is 1.88. The average Bonchev–Trinajstić information content (AvgIpc) is 2.60. The predicted molar refractivity (Wildman–Crippen MR) is 107 cm³/mol. The van der Waals surface area contributed by atoms with E-state index in [0.29, 0.717) is 18.9 Å². The van der Waals surface area contributed by atoms with Gasteiger partial charge in [-0.3, -0.25) is 4.79 Å². The van der Waals surface area contributed by atoms with Crippen molar-refractivity contribution in [2.45, 2.75) is 25.5 Å². The molecular weight excluding hydrogens is 354 g/mol. The van der Waals surface area contributed by atoms with Crippen molar-refractivity contribution in [1.29, 1.82) is 0 Å². The number of carbonyl (C=O) groups is 1. The molecule has 0 fully saturated rings. The average molecular weight is 378 g/mol. The van der Waals surface area contributed by atoms with Gasteiger partial charge in [0.15, 0.2) is 0 Å². The highest BCUT2D eigenvalue weighted by molar-refractivity contribution is 7.99.